The average molecular weight is 293 g/mol. The Morgan fingerprint density at radius 1 is 1.25 bits per heavy atom. The average Bonchev–Trinajstić information content (AvgIpc) is 2.80. The number of aryl methyl sites for hydroxylation is 2. The van der Waals surface area contributed by atoms with Crippen LogP contribution in [0.5, 0.6) is 0 Å². The van der Waals surface area contributed by atoms with E-state index in [0.717, 1.165) is 29.9 Å². The molecule has 0 fully saturated rings. The van der Waals surface area contributed by atoms with Gasteiger partial charge in [0, 0.05) is 23.7 Å². The molecule has 2 aromatic rings. The quantitative estimate of drug-likeness (QED) is 0.915. The van der Waals surface area contributed by atoms with E-state index in [-0.39, 0.29) is 0 Å². The number of hydrogen-bond donors (Lipinski definition) is 1. The maximum Gasteiger partial charge on any atom is 0.0923 e. The first kappa shape index (κ1) is 15.1. The Bertz CT molecular complexity index is 573. The van der Waals surface area contributed by atoms with Crippen LogP contribution in [0.2, 0.25) is 5.02 Å². The summed E-state index contributed by atoms with van der Waals surface area (Å²) in [5, 5.41) is 15.9. The summed E-state index contributed by atoms with van der Waals surface area (Å²) in [6.45, 7) is 6.79. The molecular formula is C16H21ClN2O. The lowest BCUT2D eigenvalue weighted by atomic mass is 9.91. The third kappa shape index (κ3) is 3.22. The van der Waals surface area contributed by atoms with Gasteiger partial charge >= 0.3 is 0 Å². The van der Waals surface area contributed by atoms with Crippen molar-refractivity contribution in [1.82, 2.24) is 9.78 Å². The first-order chi connectivity index (χ1) is 9.46. The van der Waals surface area contributed by atoms with Gasteiger partial charge in [-0.1, -0.05) is 30.7 Å². The minimum Gasteiger partial charge on any atom is -0.385 e. The molecular weight excluding hydrogens is 272 g/mol. The monoisotopic (exact) mass is 292 g/mol. The molecule has 1 unspecified atom stereocenters. The summed E-state index contributed by atoms with van der Waals surface area (Å²) >= 11 is 5.90. The standard InChI is InChI=1S/C16H21ClN2O/c1-4-14-10-15(19(5-2)18-14)11-16(3,20)12-6-8-13(17)9-7-12/h6-10,20H,4-5,11H2,1-3H3. The van der Waals surface area contributed by atoms with Gasteiger partial charge in [0.05, 0.1) is 11.3 Å². The Kier molecular flexibility index (Phi) is 4.51. The van der Waals surface area contributed by atoms with Crippen molar-refractivity contribution in [2.45, 2.75) is 45.8 Å². The maximum absolute atomic E-state index is 10.7. The molecule has 0 aliphatic carbocycles. The summed E-state index contributed by atoms with van der Waals surface area (Å²) < 4.78 is 1.96. The van der Waals surface area contributed by atoms with Crippen LogP contribution in [0.1, 0.15) is 37.7 Å². The van der Waals surface area contributed by atoms with E-state index in [1.165, 1.54) is 0 Å². The third-order valence-corrected chi connectivity index (χ3v) is 3.82. The smallest absolute Gasteiger partial charge is 0.0923 e. The van der Waals surface area contributed by atoms with Gasteiger partial charge in [0.15, 0.2) is 0 Å². The fraction of sp³-hybridized carbons (Fsp3) is 0.438. The summed E-state index contributed by atoms with van der Waals surface area (Å²) in [5.41, 5.74) is 2.06. The largest absolute Gasteiger partial charge is 0.385 e. The van der Waals surface area contributed by atoms with Crippen molar-refractivity contribution in [3.63, 3.8) is 0 Å². The van der Waals surface area contributed by atoms with Gasteiger partial charge in [-0.05, 0) is 44.0 Å². The van der Waals surface area contributed by atoms with E-state index in [1.54, 1.807) is 12.1 Å². The molecule has 3 nitrogen and oxygen atoms in total. The van der Waals surface area contributed by atoms with Crippen molar-refractivity contribution in [2.75, 3.05) is 0 Å². The van der Waals surface area contributed by atoms with E-state index >= 15 is 0 Å². The first-order valence-corrected chi connectivity index (χ1v) is 7.38. The predicted molar refractivity (Wildman–Crippen MR) is 82.0 cm³/mol. The molecule has 1 aromatic heterocycles. The topological polar surface area (TPSA) is 38.0 Å². The van der Waals surface area contributed by atoms with Crippen LogP contribution in [0.15, 0.2) is 30.3 Å². The van der Waals surface area contributed by atoms with Crippen molar-refractivity contribution >= 4 is 11.6 Å². The van der Waals surface area contributed by atoms with Crippen molar-refractivity contribution in [3.05, 3.63) is 52.3 Å². The van der Waals surface area contributed by atoms with Crippen LogP contribution in [0, 0.1) is 0 Å². The molecule has 2 rings (SSSR count). The van der Waals surface area contributed by atoms with E-state index in [9.17, 15) is 5.11 Å². The van der Waals surface area contributed by atoms with Gasteiger partial charge in [0.25, 0.3) is 0 Å². The summed E-state index contributed by atoms with van der Waals surface area (Å²) in [7, 11) is 0. The second kappa shape index (κ2) is 5.98. The molecule has 0 saturated carbocycles. The number of aliphatic hydroxyl groups is 1. The van der Waals surface area contributed by atoms with Gasteiger partial charge in [-0.15, -0.1) is 0 Å². The van der Waals surface area contributed by atoms with Crippen molar-refractivity contribution < 1.29 is 5.11 Å². The summed E-state index contributed by atoms with van der Waals surface area (Å²) in [6, 6.07) is 9.43. The lowest BCUT2D eigenvalue weighted by Gasteiger charge is -2.24. The molecule has 0 amide bonds. The van der Waals surface area contributed by atoms with Crippen molar-refractivity contribution in [3.8, 4) is 0 Å². The third-order valence-electron chi connectivity index (χ3n) is 3.57. The van der Waals surface area contributed by atoms with Crippen LogP contribution >= 0.6 is 11.6 Å². The molecule has 20 heavy (non-hydrogen) atoms. The van der Waals surface area contributed by atoms with Gasteiger partial charge in [0.2, 0.25) is 0 Å². The summed E-state index contributed by atoms with van der Waals surface area (Å²) in [4.78, 5) is 0. The first-order valence-electron chi connectivity index (χ1n) is 7.00. The van der Waals surface area contributed by atoms with E-state index in [2.05, 4.69) is 25.0 Å². The minimum absolute atomic E-state index is 0.537. The second-order valence-electron chi connectivity index (χ2n) is 5.25. The Balaban J connectivity index is 2.27. The van der Waals surface area contributed by atoms with Crippen LogP contribution in [0.4, 0.5) is 0 Å². The molecule has 1 N–H and O–H groups in total. The highest BCUT2D eigenvalue weighted by molar-refractivity contribution is 6.30. The van der Waals surface area contributed by atoms with Crippen LogP contribution in [-0.4, -0.2) is 14.9 Å². The number of rotatable bonds is 5. The molecule has 0 radical (unpaired) electrons. The van der Waals surface area contributed by atoms with Crippen LogP contribution in [-0.2, 0) is 25.0 Å². The molecule has 1 atom stereocenters. The molecule has 4 heteroatoms. The normalized spacial score (nSPS) is 14.2. The lowest BCUT2D eigenvalue weighted by Crippen LogP contribution is -2.25. The molecule has 0 saturated heterocycles. The fourth-order valence-corrected chi connectivity index (χ4v) is 2.49. The zero-order chi connectivity index (χ0) is 14.8. The van der Waals surface area contributed by atoms with Gasteiger partial charge in [-0.3, -0.25) is 4.68 Å². The van der Waals surface area contributed by atoms with Gasteiger partial charge in [-0.25, -0.2) is 0 Å². The Morgan fingerprint density at radius 3 is 2.45 bits per heavy atom. The Hall–Kier alpha value is -1.32. The molecule has 1 aromatic carbocycles. The maximum atomic E-state index is 10.7. The van der Waals surface area contributed by atoms with Crippen molar-refractivity contribution in [1.29, 1.82) is 0 Å². The van der Waals surface area contributed by atoms with Crippen LogP contribution in [0.3, 0.4) is 0 Å². The summed E-state index contributed by atoms with van der Waals surface area (Å²) in [6.07, 6.45) is 1.44. The SMILES string of the molecule is CCc1cc(CC(C)(O)c2ccc(Cl)cc2)n(CC)n1. The molecule has 0 aliphatic heterocycles. The fourth-order valence-electron chi connectivity index (χ4n) is 2.37. The molecule has 0 spiro atoms. The minimum atomic E-state index is -0.928. The number of hydrogen-bond acceptors (Lipinski definition) is 2. The number of benzene rings is 1. The van der Waals surface area contributed by atoms with E-state index in [0.29, 0.717) is 11.4 Å². The number of nitrogens with zero attached hydrogens (tertiary/aromatic N) is 2. The van der Waals surface area contributed by atoms with E-state index < -0.39 is 5.60 Å². The summed E-state index contributed by atoms with van der Waals surface area (Å²) in [5.74, 6) is 0. The van der Waals surface area contributed by atoms with Crippen molar-refractivity contribution in [2.24, 2.45) is 0 Å². The molecule has 108 valence electrons. The van der Waals surface area contributed by atoms with Gasteiger partial charge < -0.3 is 5.11 Å². The lowest BCUT2D eigenvalue weighted by molar-refractivity contribution is 0.0554. The van der Waals surface area contributed by atoms with E-state index in [4.69, 9.17) is 11.6 Å². The zero-order valence-electron chi connectivity index (χ0n) is 12.2. The number of halogens is 1. The molecule has 0 aliphatic rings. The van der Waals surface area contributed by atoms with Crippen LogP contribution < -0.4 is 0 Å². The molecule has 1 heterocycles. The highest BCUT2D eigenvalue weighted by Gasteiger charge is 2.25. The van der Waals surface area contributed by atoms with E-state index in [1.807, 2.05) is 23.7 Å². The second-order valence-corrected chi connectivity index (χ2v) is 5.69. The zero-order valence-corrected chi connectivity index (χ0v) is 13.0. The molecule has 0 bridgehead atoms. The highest BCUT2D eigenvalue weighted by atomic mass is 35.5. The predicted octanol–water partition coefficient (Wildman–Crippen LogP) is 3.57. The van der Waals surface area contributed by atoms with Gasteiger partial charge in [0.1, 0.15) is 0 Å². The Morgan fingerprint density at radius 2 is 1.90 bits per heavy atom. The van der Waals surface area contributed by atoms with Crippen LogP contribution in [0.25, 0.3) is 0 Å². The number of aromatic nitrogens is 2. The van der Waals surface area contributed by atoms with Gasteiger partial charge in [-0.2, -0.15) is 5.10 Å². The highest BCUT2D eigenvalue weighted by Crippen LogP contribution is 2.27. The Labute approximate surface area is 125 Å².